The molecule has 1 saturated heterocycles. The molecule has 4 nitrogen and oxygen atoms in total. The molecule has 0 aromatic heterocycles. The van der Waals surface area contributed by atoms with Crippen molar-refractivity contribution in [2.24, 2.45) is 0 Å². The number of aliphatic hydroxyl groups is 1. The lowest BCUT2D eigenvalue weighted by Crippen LogP contribution is -2.51. The minimum Gasteiger partial charge on any atom is -0.457 e. The number of para-hydroxylation sites is 1. The van der Waals surface area contributed by atoms with Crippen molar-refractivity contribution in [3.63, 3.8) is 0 Å². The van der Waals surface area contributed by atoms with Crippen molar-refractivity contribution >= 4 is 0 Å². The van der Waals surface area contributed by atoms with Gasteiger partial charge in [-0.2, -0.15) is 0 Å². The van der Waals surface area contributed by atoms with Gasteiger partial charge in [-0.25, -0.2) is 8.78 Å². The van der Waals surface area contributed by atoms with Crippen molar-refractivity contribution in [1.82, 2.24) is 10.2 Å². The van der Waals surface area contributed by atoms with Gasteiger partial charge in [-0.15, -0.1) is 0 Å². The number of nitrogens with zero attached hydrogens (tertiary/aromatic N) is 1. The number of hydrogen-bond acceptors (Lipinski definition) is 4. The molecule has 1 fully saturated rings. The van der Waals surface area contributed by atoms with E-state index in [2.05, 4.69) is 5.32 Å². The first kappa shape index (κ1) is 17.8. The zero-order chi connectivity index (χ0) is 17.7. The van der Waals surface area contributed by atoms with E-state index in [1.165, 1.54) is 0 Å². The average Bonchev–Trinajstić information content (AvgIpc) is 2.65. The highest BCUT2D eigenvalue weighted by Gasteiger charge is 2.43. The van der Waals surface area contributed by atoms with Gasteiger partial charge in [0.05, 0.1) is 0 Å². The van der Waals surface area contributed by atoms with E-state index < -0.39 is 18.6 Å². The van der Waals surface area contributed by atoms with Crippen LogP contribution in [0.4, 0.5) is 8.78 Å². The van der Waals surface area contributed by atoms with Crippen LogP contribution in [0.2, 0.25) is 0 Å². The minimum absolute atomic E-state index is 0.473. The van der Waals surface area contributed by atoms with E-state index in [1.54, 1.807) is 29.2 Å². The summed E-state index contributed by atoms with van der Waals surface area (Å²) in [6.45, 7) is 1.18. The van der Waals surface area contributed by atoms with Gasteiger partial charge in [-0.05, 0) is 29.8 Å². The normalized spacial score (nSPS) is 17.2. The summed E-state index contributed by atoms with van der Waals surface area (Å²) in [6, 6.07) is 14.8. The van der Waals surface area contributed by atoms with Crippen LogP contribution >= 0.6 is 0 Å². The molecule has 6 heteroatoms. The summed E-state index contributed by atoms with van der Waals surface area (Å²) in [7, 11) is 0. The first-order valence-corrected chi connectivity index (χ1v) is 8.36. The number of hydrogen-bond donors (Lipinski definition) is 2. The molecular weight excluding hydrogens is 326 g/mol. The van der Waals surface area contributed by atoms with E-state index in [0.29, 0.717) is 43.2 Å². The molecule has 0 spiro atoms. The molecule has 0 amide bonds. The summed E-state index contributed by atoms with van der Waals surface area (Å²) in [5.74, 6) is -1.94. The number of ether oxygens (including phenoxy) is 1. The molecule has 0 unspecified atom stereocenters. The zero-order valence-corrected chi connectivity index (χ0v) is 13.9. The Balaban J connectivity index is 1.81. The van der Waals surface area contributed by atoms with E-state index in [0.717, 1.165) is 0 Å². The molecule has 1 atom stereocenters. The first-order chi connectivity index (χ1) is 12.1. The molecule has 1 heterocycles. The van der Waals surface area contributed by atoms with Gasteiger partial charge in [0.1, 0.15) is 24.1 Å². The molecule has 3 rings (SSSR count). The fraction of sp³-hybridized carbons (Fsp3) is 0.368. The second-order valence-corrected chi connectivity index (χ2v) is 6.09. The highest BCUT2D eigenvalue weighted by atomic mass is 19.3. The second-order valence-electron chi connectivity index (χ2n) is 6.09. The molecule has 0 saturated carbocycles. The van der Waals surface area contributed by atoms with Crippen LogP contribution in [0.15, 0.2) is 54.6 Å². The topological polar surface area (TPSA) is 44.7 Å². The van der Waals surface area contributed by atoms with Crippen LogP contribution in [0.5, 0.6) is 11.5 Å². The third-order valence-corrected chi connectivity index (χ3v) is 4.30. The smallest absolute Gasteiger partial charge is 0.289 e. The SMILES string of the molecule is OCC(F)(F)[C@@H](c1ccc(Oc2ccccc2)cc1)N1CCNCC1. The van der Waals surface area contributed by atoms with Gasteiger partial charge in [0.2, 0.25) is 0 Å². The Morgan fingerprint density at radius 3 is 2.20 bits per heavy atom. The fourth-order valence-corrected chi connectivity index (χ4v) is 3.09. The predicted molar refractivity (Wildman–Crippen MR) is 92.2 cm³/mol. The number of halogens is 2. The lowest BCUT2D eigenvalue weighted by atomic mass is 9.98. The highest BCUT2D eigenvalue weighted by Crippen LogP contribution is 2.37. The van der Waals surface area contributed by atoms with Gasteiger partial charge >= 0.3 is 0 Å². The van der Waals surface area contributed by atoms with Gasteiger partial charge in [0.25, 0.3) is 5.92 Å². The summed E-state index contributed by atoms with van der Waals surface area (Å²) in [5, 5.41) is 12.3. The Morgan fingerprint density at radius 2 is 1.60 bits per heavy atom. The predicted octanol–water partition coefficient (Wildman–Crippen LogP) is 3.05. The summed E-state index contributed by atoms with van der Waals surface area (Å²) in [5.41, 5.74) is 0.473. The minimum atomic E-state index is -3.21. The van der Waals surface area contributed by atoms with Gasteiger partial charge in [0, 0.05) is 26.2 Å². The molecule has 0 aliphatic carbocycles. The van der Waals surface area contributed by atoms with Crippen LogP contribution < -0.4 is 10.1 Å². The van der Waals surface area contributed by atoms with Gasteiger partial charge in [-0.3, -0.25) is 4.90 Å². The summed E-state index contributed by atoms with van der Waals surface area (Å²) >= 11 is 0. The maximum Gasteiger partial charge on any atom is 0.289 e. The molecule has 1 aliphatic heterocycles. The Bertz CT molecular complexity index is 659. The summed E-state index contributed by atoms with van der Waals surface area (Å²) < 4.78 is 34.5. The molecule has 0 bridgehead atoms. The summed E-state index contributed by atoms with van der Waals surface area (Å²) in [4.78, 5) is 1.72. The molecule has 0 radical (unpaired) electrons. The van der Waals surface area contributed by atoms with Crippen molar-refractivity contribution in [3.05, 3.63) is 60.2 Å². The Morgan fingerprint density at radius 1 is 1.00 bits per heavy atom. The number of piperazine rings is 1. The maximum absolute atomic E-state index is 14.4. The number of aliphatic hydroxyl groups excluding tert-OH is 1. The van der Waals surface area contributed by atoms with Gasteiger partial charge in [-0.1, -0.05) is 30.3 Å². The van der Waals surface area contributed by atoms with Crippen LogP contribution in [-0.4, -0.2) is 48.7 Å². The van der Waals surface area contributed by atoms with E-state index in [4.69, 9.17) is 4.74 Å². The fourth-order valence-electron chi connectivity index (χ4n) is 3.09. The first-order valence-electron chi connectivity index (χ1n) is 8.36. The summed E-state index contributed by atoms with van der Waals surface area (Å²) in [6.07, 6.45) is 0. The average molecular weight is 348 g/mol. The monoisotopic (exact) mass is 348 g/mol. The lowest BCUT2D eigenvalue weighted by molar-refractivity contribution is -0.118. The Kier molecular flexibility index (Phi) is 5.63. The van der Waals surface area contributed by atoms with E-state index >= 15 is 0 Å². The molecule has 2 aromatic rings. The van der Waals surface area contributed by atoms with Gasteiger partial charge in [0.15, 0.2) is 0 Å². The number of alkyl halides is 2. The van der Waals surface area contributed by atoms with Crippen molar-refractivity contribution in [1.29, 1.82) is 0 Å². The van der Waals surface area contributed by atoms with E-state index in [9.17, 15) is 13.9 Å². The molecule has 1 aliphatic rings. The van der Waals surface area contributed by atoms with Crippen LogP contribution in [-0.2, 0) is 0 Å². The van der Waals surface area contributed by atoms with Crippen molar-refractivity contribution in [3.8, 4) is 11.5 Å². The second kappa shape index (κ2) is 7.91. The van der Waals surface area contributed by atoms with Crippen LogP contribution in [0.3, 0.4) is 0 Å². The van der Waals surface area contributed by atoms with Crippen LogP contribution in [0.25, 0.3) is 0 Å². The van der Waals surface area contributed by atoms with Crippen molar-refractivity contribution in [2.75, 3.05) is 32.8 Å². The van der Waals surface area contributed by atoms with E-state index in [1.807, 2.05) is 30.3 Å². The van der Waals surface area contributed by atoms with Crippen molar-refractivity contribution < 1.29 is 18.6 Å². The standard InChI is InChI=1S/C19H22F2N2O2/c20-19(21,14-24)18(23-12-10-22-11-13-23)15-6-8-17(9-7-15)25-16-4-2-1-3-5-16/h1-9,18,22,24H,10-14H2/t18-/m1/s1. The quantitative estimate of drug-likeness (QED) is 0.842. The third-order valence-electron chi connectivity index (χ3n) is 4.30. The highest BCUT2D eigenvalue weighted by molar-refractivity contribution is 5.34. The van der Waals surface area contributed by atoms with Crippen molar-refractivity contribution in [2.45, 2.75) is 12.0 Å². The molecule has 134 valence electrons. The zero-order valence-electron chi connectivity index (χ0n) is 13.9. The molecule has 2 N–H and O–H groups in total. The number of rotatable bonds is 6. The number of benzene rings is 2. The third kappa shape index (κ3) is 4.34. The van der Waals surface area contributed by atoms with E-state index in [-0.39, 0.29) is 0 Å². The lowest BCUT2D eigenvalue weighted by Gasteiger charge is -2.38. The molecular formula is C19H22F2N2O2. The van der Waals surface area contributed by atoms with Crippen LogP contribution in [0.1, 0.15) is 11.6 Å². The maximum atomic E-state index is 14.4. The molecule has 2 aromatic carbocycles. The van der Waals surface area contributed by atoms with Crippen LogP contribution in [0, 0.1) is 0 Å². The Labute approximate surface area is 146 Å². The molecule has 25 heavy (non-hydrogen) atoms. The largest absolute Gasteiger partial charge is 0.457 e. The number of nitrogens with one attached hydrogen (secondary N) is 1. The Hall–Kier alpha value is -2.02. The van der Waals surface area contributed by atoms with Gasteiger partial charge < -0.3 is 15.2 Å².